The first-order valence-corrected chi connectivity index (χ1v) is 11.6. The van der Waals surface area contributed by atoms with Crippen molar-refractivity contribution in [1.29, 1.82) is 0 Å². The number of rotatable bonds is 4. The fraction of sp³-hybridized carbons (Fsp3) is 0.417. The number of nitrogens with zero attached hydrogens (tertiary/aromatic N) is 3. The summed E-state index contributed by atoms with van der Waals surface area (Å²) >= 11 is 12.3. The van der Waals surface area contributed by atoms with E-state index in [0.717, 1.165) is 35.4 Å². The Hall–Kier alpha value is -2.44. The quantitative estimate of drug-likeness (QED) is 0.488. The van der Waals surface area contributed by atoms with Gasteiger partial charge in [-0.05, 0) is 63.4 Å². The summed E-state index contributed by atoms with van der Waals surface area (Å²) in [4.78, 5) is 19.2. The van der Waals surface area contributed by atoms with Gasteiger partial charge in [0.05, 0.1) is 27.6 Å². The lowest BCUT2D eigenvalue weighted by Crippen LogP contribution is -2.47. The highest BCUT2D eigenvalue weighted by Gasteiger charge is 2.28. The fourth-order valence-electron chi connectivity index (χ4n) is 3.94. The van der Waals surface area contributed by atoms with Crippen LogP contribution in [0.2, 0.25) is 10.0 Å². The second-order valence-electron chi connectivity index (χ2n) is 9.17. The predicted octanol–water partition coefficient (Wildman–Crippen LogP) is 6.20. The van der Waals surface area contributed by atoms with Crippen molar-refractivity contribution in [1.82, 2.24) is 14.5 Å². The van der Waals surface area contributed by atoms with Gasteiger partial charge in [-0.15, -0.1) is 0 Å². The molecule has 1 fully saturated rings. The number of aromatic nitrogens is 2. The van der Waals surface area contributed by atoms with Crippen LogP contribution in [-0.2, 0) is 11.3 Å². The number of ether oxygens (including phenoxy) is 1. The van der Waals surface area contributed by atoms with E-state index in [1.165, 1.54) is 0 Å². The molecule has 0 saturated carbocycles. The van der Waals surface area contributed by atoms with Crippen molar-refractivity contribution in [2.24, 2.45) is 0 Å². The molecule has 3 aromatic rings. The highest BCUT2D eigenvalue weighted by atomic mass is 35.5. The van der Waals surface area contributed by atoms with Crippen LogP contribution in [0, 0.1) is 0 Å². The Balaban J connectivity index is 1.56. The van der Waals surface area contributed by atoms with Gasteiger partial charge in [-0.2, -0.15) is 0 Å². The maximum atomic E-state index is 12.6. The standard InChI is InChI=1S/C24H28Cl2N4O2/c1-24(2,3)32-23(31)29-12-6-7-17(15-29)27-22-28-20-8-4-5-9-21(20)30(22)14-16-10-11-18(25)19(26)13-16/h4-5,8-11,13,17H,6-7,12,14-15H2,1-3H3,(H,27,28)/t17-/m0/s1. The van der Waals surface area contributed by atoms with Crippen LogP contribution in [0.15, 0.2) is 42.5 Å². The highest BCUT2D eigenvalue weighted by Crippen LogP contribution is 2.27. The van der Waals surface area contributed by atoms with Gasteiger partial charge in [0.2, 0.25) is 5.95 Å². The summed E-state index contributed by atoms with van der Waals surface area (Å²) in [6.07, 6.45) is 1.59. The van der Waals surface area contributed by atoms with E-state index in [-0.39, 0.29) is 12.1 Å². The van der Waals surface area contributed by atoms with Crippen LogP contribution in [-0.4, -0.2) is 45.3 Å². The second-order valence-corrected chi connectivity index (χ2v) is 9.98. The zero-order valence-corrected chi connectivity index (χ0v) is 20.1. The van der Waals surface area contributed by atoms with Crippen molar-refractivity contribution < 1.29 is 9.53 Å². The molecule has 1 N–H and O–H groups in total. The van der Waals surface area contributed by atoms with Gasteiger partial charge >= 0.3 is 6.09 Å². The van der Waals surface area contributed by atoms with E-state index >= 15 is 0 Å². The highest BCUT2D eigenvalue weighted by molar-refractivity contribution is 6.42. The average Bonchev–Trinajstić information content (AvgIpc) is 3.07. The topological polar surface area (TPSA) is 59.4 Å². The molecule has 1 amide bonds. The van der Waals surface area contributed by atoms with Gasteiger partial charge in [-0.25, -0.2) is 9.78 Å². The Morgan fingerprint density at radius 1 is 1.19 bits per heavy atom. The van der Waals surface area contributed by atoms with Crippen molar-refractivity contribution in [3.05, 3.63) is 58.1 Å². The summed E-state index contributed by atoms with van der Waals surface area (Å²) in [7, 11) is 0. The van der Waals surface area contributed by atoms with Gasteiger partial charge in [0, 0.05) is 19.1 Å². The molecule has 6 nitrogen and oxygen atoms in total. The number of nitrogens with one attached hydrogen (secondary N) is 1. The SMILES string of the molecule is CC(C)(C)OC(=O)N1CCC[C@H](Nc2nc3ccccc3n2Cc2ccc(Cl)c(Cl)c2)C1. The first-order valence-electron chi connectivity index (χ1n) is 10.8. The van der Waals surface area contributed by atoms with Gasteiger partial charge in [0.15, 0.2) is 0 Å². The van der Waals surface area contributed by atoms with Crippen molar-refractivity contribution in [3.8, 4) is 0 Å². The maximum absolute atomic E-state index is 12.6. The van der Waals surface area contributed by atoms with Crippen LogP contribution < -0.4 is 5.32 Å². The molecule has 8 heteroatoms. The third-order valence-electron chi connectivity index (χ3n) is 5.39. The van der Waals surface area contributed by atoms with Crippen LogP contribution in [0.1, 0.15) is 39.2 Å². The number of imidazole rings is 1. The van der Waals surface area contributed by atoms with Crippen molar-refractivity contribution in [2.45, 2.75) is 51.8 Å². The second kappa shape index (κ2) is 9.20. The number of piperidine rings is 1. The molecule has 0 radical (unpaired) electrons. The molecule has 0 unspecified atom stereocenters. The van der Waals surface area contributed by atoms with Crippen LogP contribution in [0.3, 0.4) is 0 Å². The molecule has 1 aliphatic rings. The Morgan fingerprint density at radius 2 is 1.97 bits per heavy atom. The molecule has 2 aromatic carbocycles. The Labute approximate surface area is 198 Å². The number of fused-ring (bicyclic) bond motifs is 1. The molecule has 1 aromatic heterocycles. The first kappa shape index (κ1) is 22.7. The summed E-state index contributed by atoms with van der Waals surface area (Å²) in [5.74, 6) is 0.772. The summed E-state index contributed by atoms with van der Waals surface area (Å²) in [6.45, 7) is 7.53. The lowest BCUT2D eigenvalue weighted by Gasteiger charge is -2.34. The number of hydrogen-bond acceptors (Lipinski definition) is 4. The number of benzene rings is 2. The van der Waals surface area contributed by atoms with E-state index in [9.17, 15) is 4.79 Å². The maximum Gasteiger partial charge on any atom is 0.410 e. The molecular formula is C24H28Cl2N4O2. The Bertz CT molecular complexity index is 1120. The average molecular weight is 475 g/mol. The van der Waals surface area contributed by atoms with Crippen molar-refractivity contribution in [3.63, 3.8) is 0 Å². The van der Waals surface area contributed by atoms with E-state index < -0.39 is 5.60 Å². The zero-order valence-electron chi connectivity index (χ0n) is 18.6. The normalized spacial score (nSPS) is 16.9. The van der Waals surface area contributed by atoms with Gasteiger partial charge in [-0.1, -0.05) is 41.4 Å². The van der Waals surface area contributed by atoms with Gasteiger partial charge in [-0.3, -0.25) is 0 Å². The third-order valence-corrected chi connectivity index (χ3v) is 6.12. The van der Waals surface area contributed by atoms with E-state index in [2.05, 4.69) is 16.0 Å². The number of halogens is 2. The molecule has 1 atom stereocenters. The molecule has 0 aliphatic carbocycles. The molecule has 1 saturated heterocycles. The number of hydrogen-bond donors (Lipinski definition) is 1. The monoisotopic (exact) mass is 474 g/mol. The molecule has 1 aliphatic heterocycles. The minimum Gasteiger partial charge on any atom is -0.444 e. The van der Waals surface area contributed by atoms with Crippen LogP contribution in [0.4, 0.5) is 10.7 Å². The van der Waals surface area contributed by atoms with E-state index in [4.69, 9.17) is 32.9 Å². The lowest BCUT2D eigenvalue weighted by molar-refractivity contribution is 0.0206. The van der Waals surface area contributed by atoms with Gasteiger partial charge < -0.3 is 19.5 Å². The van der Waals surface area contributed by atoms with E-state index in [1.54, 1.807) is 4.90 Å². The summed E-state index contributed by atoms with van der Waals surface area (Å²) in [5.41, 5.74) is 2.46. The first-order chi connectivity index (χ1) is 15.2. The number of carbonyl (C=O) groups is 1. The summed E-state index contributed by atoms with van der Waals surface area (Å²) in [6, 6.07) is 13.8. The molecule has 170 valence electrons. The zero-order chi connectivity index (χ0) is 22.9. The van der Waals surface area contributed by atoms with Crippen LogP contribution >= 0.6 is 23.2 Å². The summed E-state index contributed by atoms with van der Waals surface area (Å²) in [5, 5.41) is 4.64. The van der Waals surface area contributed by atoms with Crippen LogP contribution in [0.25, 0.3) is 11.0 Å². The fourth-order valence-corrected chi connectivity index (χ4v) is 4.26. The number of likely N-dealkylation sites (tertiary alicyclic amines) is 1. The van der Waals surface area contributed by atoms with Crippen molar-refractivity contribution in [2.75, 3.05) is 18.4 Å². The van der Waals surface area contributed by atoms with Gasteiger partial charge in [0.25, 0.3) is 0 Å². The molecule has 0 bridgehead atoms. The molecule has 4 rings (SSSR count). The van der Waals surface area contributed by atoms with E-state index in [0.29, 0.717) is 29.7 Å². The number of anilines is 1. The van der Waals surface area contributed by atoms with Gasteiger partial charge in [0.1, 0.15) is 5.60 Å². The van der Waals surface area contributed by atoms with Crippen LogP contribution in [0.5, 0.6) is 0 Å². The van der Waals surface area contributed by atoms with E-state index in [1.807, 2.05) is 57.2 Å². The molecular weight excluding hydrogens is 447 g/mol. The largest absolute Gasteiger partial charge is 0.444 e. The lowest BCUT2D eigenvalue weighted by atomic mass is 10.1. The minimum atomic E-state index is -0.509. The van der Waals surface area contributed by atoms with Crippen molar-refractivity contribution >= 4 is 46.3 Å². The number of para-hydroxylation sites is 2. The smallest absolute Gasteiger partial charge is 0.410 e. The third kappa shape index (κ3) is 5.30. The Kier molecular flexibility index (Phi) is 6.54. The molecule has 2 heterocycles. The predicted molar refractivity (Wildman–Crippen MR) is 130 cm³/mol. The molecule has 0 spiro atoms. The molecule has 32 heavy (non-hydrogen) atoms. The minimum absolute atomic E-state index is 0.0839. The number of amides is 1. The number of carbonyl (C=O) groups excluding carboxylic acids is 1. The Morgan fingerprint density at radius 3 is 2.72 bits per heavy atom. The summed E-state index contributed by atoms with van der Waals surface area (Å²) < 4.78 is 7.70.